The van der Waals surface area contributed by atoms with Gasteiger partial charge in [0.15, 0.2) is 5.13 Å². The number of hydrogen-bond acceptors (Lipinski definition) is 6. The number of methoxy groups -OCH3 is 1. The fourth-order valence-corrected chi connectivity index (χ4v) is 3.93. The van der Waals surface area contributed by atoms with E-state index in [1.807, 2.05) is 13.8 Å². The molecule has 24 heavy (non-hydrogen) atoms. The largest absolute Gasteiger partial charge is 0.495 e. The number of nitrogens with zero attached hydrogens (tertiary/aromatic N) is 1. The van der Waals surface area contributed by atoms with E-state index in [1.54, 1.807) is 0 Å². The number of benzene rings is 1. The first-order chi connectivity index (χ1) is 11.3. The summed E-state index contributed by atoms with van der Waals surface area (Å²) in [6.45, 7) is 3.93. The van der Waals surface area contributed by atoms with Gasteiger partial charge in [-0.2, -0.15) is 0 Å². The van der Waals surface area contributed by atoms with Crippen LogP contribution in [0.4, 0.5) is 5.13 Å². The number of rotatable bonds is 6. The van der Waals surface area contributed by atoms with Crippen LogP contribution >= 0.6 is 11.3 Å². The number of thiazole rings is 1. The number of carbonyl (C=O) groups is 1. The van der Waals surface area contributed by atoms with Crippen LogP contribution in [-0.4, -0.2) is 33.5 Å². The molecule has 9 heteroatoms. The van der Waals surface area contributed by atoms with Crippen molar-refractivity contribution in [2.75, 3.05) is 19.5 Å². The molecule has 2 rings (SSSR count). The highest BCUT2D eigenvalue weighted by atomic mass is 32.2. The number of amides is 1. The van der Waals surface area contributed by atoms with Crippen molar-refractivity contribution >= 4 is 32.4 Å². The van der Waals surface area contributed by atoms with Crippen LogP contribution in [0.1, 0.15) is 27.9 Å². The summed E-state index contributed by atoms with van der Waals surface area (Å²) in [4.78, 5) is 17.7. The van der Waals surface area contributed by atoms with Crippen molar-refractivity contribution in [3.05, 3.63) is 34.3 Å². The molecule has 0 bridgehead atoms. The summed E-state index contributed by atoms with van der Waals surface area (Å²) in [6, 6.07) is 4.23. The molecule has 130 valence electrons. The zero-order valence-corrected chi connectivity index (χ0v) is 15.5. The van der Waals surface area contributed by atoms with Crippen LogP contribution in [0.15, 0.2) is 23.1 Å². The number of nitrogens with one attached hydrogen (secondary N) is 2. The Bertz CT molecular complexity index is 860. The second-order valence-electron chi connectivity index (χ2n) is 4.90. The summed E-state index contributed by atoms with van der Waals surface area (Å²) in [7, 11) is -1.08. The van der Waals surface area contributed by atoms with Crippen LogP contribution in [0, 0.1) is 6.92 Å². The number of aromatic nitrogens is 1. The zero-order valence-electron chi connectivity index (χ0n) is 13.8. The summed E-state index contributed by atoms with van der Waals surface area (Å²) in [6.07, 6.45) is 0.783. The normalized spacial score (nSPS) is 11.3. The van der Waals surface area contributed by atoms with Gasteiger partial charge in [0.2, 0.25) is 10.0 Å². The molecule has 2 N–H and O–H groups in total. The third-order valence-electron chi connectivity index (χ3n) is 3.43. The molecule has 2 aromatic rings. The molecule has 0 atom stereocenters. The van der Waals surface area contributed by atoms with E-state index < -0.39 is 15.9 Å². The second kappa shape index (κ2) is 7.29. The highest BCUT2D eigenvalue weighted by Gasteiger charge is 2.20. The maximum atomic E-state index is 12.4. The Balaban J connectivity index is 2.34. The van der Waals surface area contributed by atoms with Gasteiger partial charge in [-0.1, -0.05) is 6.92 Å². The summed E-state index contributed by atoms with van der Waals surface area (Å²) in [5.41, 5.74) is 1.14. The van der Waals surface area contributed by atoms with Crippen molar-refractivity contribution < 1.29 is 17.9 Å². The van der Waals surface area contributed by atoms with Crippen molar-refractivity contribution in [3.8, 4) is 5.75 Å². The van der Waals surface area contributed by atoms with Crippen LogP contribution < -0.4 is 14.8 Å². The van der Waals surface area contributed by atoms with Gasteiger partial charge in [0.25, 0.3) is 5.91 Å². The molecule has 1 aromatic carbocycles. The molecule has 0 saturated carbocycles. The van der Waals surface area contributed by atoms with Gasteiger partial charge in [-0.05, 0) is 38.6 Å². The molecule has 1 amide bonds. The van der Waals surface area contributed by atoms with Gasteiger partial charge in [-0.3, -0.25) is 10.1 Å². The summed E-state index contributed by atoms with van der Waals surface area (Å²) >= 11 is 1.39. The van der Waals surface area contributed by atoms with Crippen LogP contribution in [0.3, 0.4) is 0 Å². The molecule has 0 aliphatic heterocycles. The van der Waals surface area contributed by atoms with Crippen molar-refractivity contribution in [1.29, 1.82) is 0 Å². The maximum Gasteiger partial charge on any atom is 0.257 e. The average Bonchev–Trinajstić information content (AvgIpc) is 2.93. The quantitative estimate of drug-likeness (QED) is 0.813. The highest BCUT2D eigenvalue weighted by molar-refractivity contribution is 7.89. The van der Waals surface area contributed by atoms with Gasteiger partial charge < -0.3 is 4.74 Å². The molecule has 0 unspecified atom stereocenters. The van der Waals surface area contributed by atoms with Crippen molar-refractivity contribution in [2.24, 2.45) is 0 Å². The van der Waals surface area contributed by atoms with Gasteiger partial charge in [-0.25, -0.2) is 18.1 Å². The lowest BCUT2D eigenvalue weighted by Gasteiger charge is -2.10. The van der Waals surface area contributed by atoms with E-state index in [4.69, 9.17) is 4.74 Å². The van der Waals surface area contributed by atoms with Crippen LogP contribution in [0.5, 0.6) is 5.75 Å². The third kappa shape index (κ3) is 3.74. The monoisotopic (exact) mass is 369 g/mol. The molecule has 1 aromatic heterocycles. The minimum Gasteiger partial charge on any atom is -0.495 e. The van der Waals surface area contributed by atoms with Gasteiger partial charge >= 0.3 is 0 Å². The molecule has 0 fully saturated rings. The number of hydrogen-bond donors (Lipinski definition) is 2. The lowest BCUT2D eigenvalue weighted by Crippen LogP contribution is -2.20. The zero-order chi connectivity index (χ0) is 17.9. The molecule has 0 radical (unpaired) electrons. The molecular formula is C15H19N3O4S2. The Morgan fingerprint density at radius 1 is 1.38 bits per heavy atom. The summed E-state index contributed by atoms with van der Waals surface area (Å²) in [5, 5.41) is 3.19. The standard InChI is InChI=1S/C15H19N3O4S2/c1-5-11-9(2)23-15(17-11)18-14(19)10-6-7-12(22-4)13(8-10)24(20,21)16-3/h6-8,16H,5H2,1-4H3,(H,17,18,19). The molecule has 0 spiro atoms. The maximum absolute atomic E-state index is 12.4. The predicted octanol–water partition coefficient (Wildman–Crippen LogP) is 2.18. The molecule has 0 aliphatic carbocycles. The number of carbonyl (C=O) groups excluding carboxylic acids is 1. The first-order valence-corrected chi connectivity index (χ1v) is 9.51. The smallest absolute Gasteiger partial charge is 0.257 e. The summed E-state index contributed by atoms with van der Waals surface area (Å²) < 4.78 is 31.4. The Morgan fingerprint density at radius 3 is 2.62 bits per heavy atom. The van der Waals surface area contributed by atoms with Crippen LogP contribution in [0.2, 0.25) is 0 Å². The number of aryl methyl sites for hydroxylation is 2. The van der Waals surface area contributed by atoms with E-state index in [2.05, 4.69) is 15.0 Å². The number of anilines is 1. The van der Waals surface area contributed by atoms with Gasteiger partial charge in [-0.15, -0.1) is 11.3 Å². The van der Waals surface area contributed by atoms with Crippen LogP contribution in [-0.2, 0) is 16.4 Å². The average molecular weight is 369 g/mol. The van der Waals surface area contributed by atoms with E-state index in [-0.39, 0.29) is 16.2 Å². The Kier molecular flexibility index (Phi) is 5.58. The van der Waals surface area contributed by atoms with Crippen molar-refractivity contribution in [2.45, 2.75) is 25.2 Å². The van der Waals surface area contributed by atoms with E-state index in [1.165, 1.54) is 43.7 Å². The number of ether oxygens (including phenoxy) is 1. The first kappa shape index (κ1) is 18.4. The van der Waals surface area contributed by atoms with Gasteiger partial charge in [0.05, 0.1) is 12.8 Å². The fraction of sp³-hybridized carbons (Fsp3) is 0.333. The minimum absolute atomic E-state index is 0.0929. The molecule has 0 aliphatic rings. The Hall–Kier alpha value is -1.97. The topological polar surface area (TPSA) is 97.4 Å². The predicted molar refractivity (Wildman–Crippen MR) is 93.4 cm³/mol. The molecular weight excluding hydrogens is 350 g/mol. The summed E-state index contributed by atoms with van der Waals surface area (Å²) in [5.74, 6) is -0.263. The number of sulfonamides is 1. The lowest BCUT2D eigenvalue weighted by atomic mass is 10.2. The van der Waals surface area contributed by atoms with E-state index in [9.17, 15) is 13.2 Å². The van der Waals surface area contributed by atoms with Gasteiger partial charge in [0, 0.05) is 10.4 Å². The third-order valence-corrected chi connectivity index (χ3v) is 5.80. The van der Waals surface area contributed by atoms with E-state index in [0.29, 0.717) is 5.13 Å². The minimum atomic E-state index is -3.74. The van der Waals surface area contributed by atoms with E-state index in [0.717, 1.165) is 17.0 Å². The molecule has 7 nitrogen and oxygen atoms in total. The second-order valence-corrected chi connectivity index (χ2v) is 7.96. The lowest BCUT2D eigenvalue weighted by molar-refractivity contribution is 0.102. The Morgan fingerprint density at radius 2 is 2.08 bits per heavy atom. The fourth-order valence-electron chi connectivity index (χ4n) is 2.12. The van der Waals surface area contributed by atoms with Crippen molar-refractivity contribution in [1.82, 2.24) is 9.71 Å². The van der Waals surface area contributed by atoms with E-state index >= 15 is 0 Å². The SMILES string of the molecule is CCc1nc(NC(=O)c2ccc(OC)c(S(=O)(=O)NC)c2)sc1C. The van der Waals surface area contributed by atoms with Crippen molar-refractivity contribution in [3.63, 3.8) is 0 Å². The molecule has 1 heterocycles. The van der Waals surface area contributed by atoms with Gasteiger partial charge in [0.1, 0.15) is 10.6 Å². The van der Waals surface area contributed by atoms with Crippen LogP contribution in [0.25, 0.3) is 0 Å². The highest BCUT2D eigenvalue weighted by Crippen LogP contribution is 2.26. The Labute approximate surface area is 145 Å². The molecule has 0 saturated heterocycles. The first-order valence-electron chi connectivity index (χ1n) is 7.21.